The van der Waals surface area contributed by atoms with Gasteiger partial charge in [0.15, 0.2) is 0 Å². The maximum absolute atomic E-state index is 4.33. The third-order valence-corrected chi connectivity index (χ3v) is 3.15. The van der Waals surface area contributed by atoms with Crippen LogP contribution in [0.4, 0.5) is 5.82 Å². The van der Waals surface area contributed by atoms with Crippen LogP contribution in [0.25, 0.3) is 0 Å². The molecule has 0 radical (unpaired) electrons. The first-order valence-electron chi connectivity index (χ1n) is 5.54. The zero-order valence-corrected chi connectivity index (χ0v) is 10.5. The number of aromatic nitrogens is 2. The zero-order valence-electron chi connectivity index (χ0n) is 9.68. The van der Waals surface area contributed by atoms with Crippen LogP contribution in [0.3, 0.4) is 0 Å². The van der Waals surface area contributed by atoms with Crippen molar-refractivity contribution in [3.05, 3.63) is 34.7 Å². The second kappa shape index (κ2) is 5.16. The van der Waals surface area contributed by atoms with E-state index in [1.165, 1.54) is 4.88 Å². The van der Waals surface area contributed by atoms with Crippen LogP contribution in [0.2, 0.25) is 0 Å². The van der Waals surface area contributed by atoms with E-state index in [1.807, 2.05) is 16.9 Å². The van der Waals surface area contributed by atoms with Crippen LogP contribution in [0, 0.1) is 5.92 Å². The van der Waals surface area contributed by atoms with E-state index in [4.69, 9.17) is 0 Å². The second-order valence-corrected chi connectivity index (χ2v) is 5.26. The first-order chi connectivity index (χ1) is 7.75. The van der Waals surface area contributed by atoms with Crippen molar-refractivity contribution in [1.82, 2.24) is 9.78 Å². The molecular formula is C12H17N3S. The largest absolute Gasteiger partial charge is 0.370 e. The van der Waals surface area contributed by atoms with Gasteiger partial charge in [-0.15, -0.1) is 11.3 Å². The number of thiophene rings is 1. The van der Waals surface area contributed by atoms with Gasteiger partial charge in [0, 0.05) is 17.5 Å². The van der Waals surface area contributed by atoms with Crippen molar-refractivity contribution < 1.29 is 0 Å². The lowest BCUT2D eigenvalue weighted by atomic mass is 10.2. The highest BCUT2D eigenvalue weighted by Crippen LogP contribution is 2.14. The average Bonchev–Trinajstić information content (AvgIpc) is 2.87. The fourth-order valence-electron chi connectivity index (χ4n) is 1.47. The van der Waals surface area contributed by atoms with Gasteiger partial charge in [-0.2, -0.15) is 5.10 Å². The van der Waals surface area contributed by atoms with Crippen LogP contribution >= 0.6 is 11.3 Å². The molecule has 0 aliphatic carbocycles. The molecule has 4 heteroatoms. The van der Waals surface area contributed by atoms with Gasteiger partial charge < -0.3 is 5.32 Å². The van der Waals surface area contributed by atoms with Gasteiger partial charge in [-0.1, -0.05) is 19.9 Å². The first-order valence-corrected chi connectivity index (χ1v) is 6.41. The van der Waals surface area contributed by atoms with Gasteiger partial charge in [-0.3, -0.25) is 0 Å². The molecule has 0 saturated carbocycles. The van der Waals surface area contributed by atoms with E-state index in [1.54, 1.807) is 11.3 Å². The van der Waals surface area contributed by atoms with Gasteiger partial charge in [-0.25, -0.2) is 4.68 Å². The molecule has 16 heavy (non-hydrogen) atoms. The second-order valence-electron chi connectivity index (χ2n) is 4.23. The van der Waals surface area contributed by atoms with Crippen molar-refractivity contribution in [3.63, 3.8) is 0 Å². The smallest absolute Gasteiger partial charge is 0.124 e. The summed E-state index contributed by atoms with van der Waals surface area (Å²) in [6.45, 7) is 6.24. The quantitative estimate of drug-likeness (QED) is 0.863. The molecule has 0 saturated heterocycles. The normalized spacial score (nSPS) is 10.9. The maximum atomic E-state index is 4.33. The molecule has 86 valence electrons. The van der Waals surface area contributed by atoms with Crippen molar-refractivity contribution in [1.29, 1.82) is 0 Å². The Labute approximate surface area is 100 Å². The van der Waals surface area contributed by atoms with E-state index in [0.29, 0.717) is 5.92 Å². The Bertz CT molecular complexity index is 417. The number of hydrogen-bond donors (Lipinski definition) is 1. The monoisotopic (exact) mass is 235 g/mol. The fourth-order valence-corrected chi connectivity index (χ4v) is 2.15. The molecule has 0 bridgehead atoms. The van der Waals surface area contributed by atoms with E-state index >= 15 is 0 Å². The molecule has 3 nitrogen and oxygen atoms in total. The van der Waals surface area contributed by atoms with Crippen molar-refractivity contribution in [2.75, 3.05) is 11.9 Å². The summed E-state index contributed by atoms with van der Waals surface area (Å²) >= 11 is 1.77. The SMILES string of the molecule is CC(C)CNc1ccnn1Cc1cccs1. The third kappa shape index (κ3) is 2.85. The highest BCUT2D eigenvalue weighted by atomic mass is 32.1. The summed E-state index contributed by atoms with van der Waals surface area (Å²) in [7, 11) is 0. The number of nitrogens with zero attached hydrogens (tertiary/aromatic N) is 2. The number of rotatable bonds is 5. The molecule has 0 atom stereocenters. The van der Waals surface area contributed by atoms with E-state index in [2.05, 4.69) is 41.8 Å². The van der Waals surface area contributed by atoms with E-state index in [-0.39, 0.29) is 0 Å². The highest BCUT2D eigenvalue weighted by Gasteiger charge is 2.03. The van der Waals surface area contributed by atoms with Crippen molar-refractivity contribution >= 4 is 17.2 Å². The highest BCUT2D eigenvalue weighted by molar-refractivity contribution is 7.09. The van der Waals surface area contributed by atoms with Crippen molar-refractivity contribution in [3.8, 4) is 0 Å². The minimum Gasteiger partial charge on any atom is -0.370 e. The molecule has 0 aliphatic heterocycles. The molecule has 0 amide bonds. The summed E-state index contributed by atoms with van der Waals surface area (Å²) in [6.07, 6.45) is 1.84. The fraction of sp³-hybridized carbons (Fsp3) is 0.417. The maximum Gasteiger partial charge on any atom is 0.124 e. The third-order valence-electron chi connectivity index (χ3n) is 2.29. The number of nitrogens with one attached hydrogen (secondary N) is 1. The standard InChI is InChI=1S/C12H17N3S/c1-10(2)8-13-12-5-6-14-15(12)9-11-4-3-7-16-11/h3-7,10,13H,8-9H2,1-2H3. The molecule has 2 aromatic heterocycles. The van der Waals surface area contributed by atoms with Crippen molar-refractivity contribution in [2.45, 2.75) is 20.4 Å². The lowest BCUT2D eigenvalue weighted by Gasteiger charge is -2.10. The first kappa shape index (κ1) is 11.2. The molecule has 0 unspecified atom stereocenters. The van der Waals surface area contributed by atoms with Gasteiger partial charge in [0.05, 0.1) is 12.7 Å². The molecule has 0 spiro atoms. The van der Waals surface area contributed by atoms with Crippen LogP contribution < -0.4 is 5.32 Å². The Morgan fingerprint density at radius 1 is 1.44 bits per heavy atom. The van der Waals surface area contributed by atoms with Gasteiger partial charge >= 0.3 is 0 Å². The lowest BCUT2D eigenvalue weighted by Crippen LogP contribution is -2.12. The molecule has 2 heterocycles. The average molecular weight is 235 g/mol. The summed E-state index contributed by atoms with van der Waals surface area (Å²) in [5.41, 5.74) is 0. The lowest BCUT2D eigenvalue weighted by molar-refractivity contribution is 0.660. The molecular weight excluding hydrogens is 218 g/mol. The van der Waals surface area contributed by atoms with Gasteiger partial charge in [-0.05, 0) is 17.4 Å². The Morgan fingerprint density at radius 3 is 3.00 bits per heavy atom. The summed E-state index contributed by atoms with van der Waals surface area (Å²) < 4.78 is 2.01. The summed E-state index contributed by atoms with van der Waals surface area (Å²) in [5.74, 6) is 1.74. The summed E-state index contributed by atoms with van der Waals surface area (Å²) in [5, 5.41) is 9.84. The Hall–Kier alpha value is -1.29. The van der Waals surface area contributed by atoms with Crippen LogP contribution in [-0.4, -0.2) is 16.3 Å². The Balaban J connectivity index is 2.01. The van der Waals surface area contributed by atoms with Crippen LogP contribution in [0.15, 0.2) is 29.8 Å². The van der Waals surface area contributed by atoms with Gasteiger partial charge in [0.25, 0.3) is 0 Å². The molecule has 2 aromatic rings. The molecule has 0 aliphatic rings. The topological polar surface area (TPSA) is 29.9 Å². The van der Waals surface area contributed by atoms with E-state index < -0.39 is 0 Å². The number of hydrogen-bond acceptors (Lipinski definition) is 3. The minimum atomic E-state index is 0.644. The predicted octanol–water partition coefficient (Wildman–Crippen LogP) is 3.06. The molecule has 0 aromatic carbocycles. The van der Waals surface area contributed by atoms with E-state index in [0.717, 1.165) is 18.9 Å². The predicted molar refractivity (Wildman–Crippen MR) is 69.0 cm³/mol. The summed E-state index contributed by atoms with van der Waals surface area (Å²) in [4.78, 5) is 1.33. The molecule has 2 rings (SSSR count). The summed E-state index contributed by atoms with van der Waals surface area (Å²) in [6, 6.07) is 6.24. The van der Waals surface area contributed by atoms with Crippen LogP contribution in [-0.2, 0) is 6.54 Å². The van der Waals surface area contributed by atoms with Crippen molar-refractivity contribution in [2.24, 2.45) is 5.92 Å². The Morgan fingerprint density at radius 2 is 2.31 bits per heavy atom. The van der Waals surface area contributed by atoms with Crippen LogP contribution in [0.5, 0.6) is 0 Å². The van der Waals surface area contributed by atoms with Gasteiger partial charge in [0.1, 0.15) is 5.82 Å². The Kier molecular flexibility index (Phi) is 3.62. The zero-order chi connectivity index (χ0) is 11.4. The van der Waals surface area contributed by atoms with Gasteiger partial charge in [0.2, 0.25) is 0 Å². The molecule has 0 fully saturated rings. The van der Waals surface area contributed by atoms with Crippen LogP contribution in [0.1, 0.15) is 18.7 Å². The van der Waals surface area contributed by atoms with E-state index in [9.17, 15) is 0 Å². The molecule has 1 N–H and O–H groups in total. The number of anilines is 1. The minimum absolute atomic E-state index is 0.644.